The summed E-state index contributed by atoms with van der Waals surface area (Å²) in [6.07, 6.45) is 0.104. The summed E-state index contributed by atoms with van der Waals surface area (Å²) in [6.45, 7) is 9.04. The first kappa shape index (κ1) is 18.2. The SMILES string of the molecule is C[C@H]1CN(C(=O)N[C@@H](CN2CCN(C)CC2)c2ccccc2)CCO1. The van der Waals surface area contributed by atoms with Crippen molar-refractivity contribution in [2.24, 2.45) is 0 Å². The van der Waals surface area contributed by atoms with Gasteiger partial charge in [-0.2, -0.15) is 0 Å². The summed E-state index contributed by atoms with van der Waals surface area (Å²) in [5.41, 5.74) is 1.16. The predicted molar refractivity (Wildman–Crippen MR) is 98.6 cm³/mol. The molecule has 0 aliphatic carbocycles. The molecule has 0 saturated carbocycles. The average Bonchev–Trinajstić information content (AvgIpc) is 2.63. The zero-order valence-corrected chi connectivity index (χ0v) is 15.4. The monoisotopic (exact) mass is 346 g/mol. The van der Waals surface area contributed by atoms with Gasteiger partial charge >= 0.3 is 6.03 Å². The van der Waals surface area contributed by atoms with Crippen molar-refractivity contribution < 1.29 is 9.53 Å². The first-order chi connectivity index (χ1) is 12.1. The Kier molecular flexibility index (Phi) is 6.29. The van der Waals surface area contributed by atoms with Crippen molar-refractivity contribution in [2.75, 3.05) is 59.5 Å². The Balaban J connectivity index is 1.65. The van der Waals surface area contributed by atoms with Gasteiger partial charge in [-0.15, -0.1) is 0 Å². The summed E-state index contributed by atoms with van der Waals surface area (Å²) >= 11 is 0. The third-order valence-electron chi connectivity index (χ3n) is 5.06. The number of rotatable bonds is 4. The lowest BCUT2D eigenvalue weighted by Crippen LogP contribution is -2.52. The van der Waals surface area contributed by atoms with Gasteiger partial charge in [0.2, 0.25) is 0 Å². The molecule has 0 aromatic heterocycles. The molecule has 2 atom stereocenters. The predicted octanol–water partition coefficient (Wildman–Crippen LogP) is 1.41. The Hall–Kier alpha value is -1.63. The van der Waals surface area contributed by atoms with E-state index < -0.39 is 0 Å². The van der Waals surface area contributed by atoms with Crippen molar-refractivity contribution in [1.82, 2.24) is 20.0 Å². The second kappa shape index (κ2) is 8.65. The molecule has 0 radical (unpaired) electrons. The summed E-state index contributed by atoms with van der Waals surface area (Å²) in [5.74, 6) is 0. The zero-order valence-electron chi connectivity index (χ0n) is 15.4. The number of hydrogen-bond acceptors (Lipinski definition) is 4. The molecule has 1 N–H and O–H groups in total. The van der Waals surface area contributed by atoms with Crippen LogP contribution in [0.5, 0.6) is 0 Å². The molecule has 138 valence electrons. The van der Waals surface area contributed by atoms with Crippen molar-refractivity contribution in [3.05, 3.63) is 35.9 Å². The van der Waals surface area contributed by atoms with Crippen LogP contribution in [0.3, 0.4) is 0 Å². The third-order valence-corrected chi connectivity index (χ3v) is 5.06. The summed E-state index contributed by atoms with van der Waals surface area (Å²) in [6, 6.07) is 10.3. The van der Waals surface area contributed by atoms with E-state index in [9.17, 15) is 4.79 Å². The fraction of sp³-hybridized carbons (Fsp3) is 0.632. The molecule has 2 aliphatic heterocycles. The maximum atomic E-state index is 12.8. The second-order valence-corrected chi connectivity index (χ2v) is 7.14. The minimum Gasteiger partial charge on any atom is -0.375 e. The number of benzene rings is 1. The number of hydrogen-bond donors (Lipinski definition) is 1. The van der Waals surface area contributed by atoms with Crippen LogP contribution >= 0.6 is 0 Å². The van der Waals surface area contributed by atoms with Crippen molar-refractivity contribution in [3.63, 3.8) is 0 Å². The van der Waals surface area contributed by atoms with Crippen LogP contribution in [-0.4, -0.2) is 86.3 Å². The van der Waals surface area contributed by atoms with Gasteiger partial charge in [-0.25, -0.2) is 4.79 Å². The largest absolute Gasteiger partial charge is 0.375 e. The van der Waals surface area contributed by atoms with Crippen LogP contribution in [0.2, 0.25) is 0 Å². The van der Waals surface area contributed by atoms with Crippen molar-refractivity contribution in [1.29, 1.82) is 0 Å². The molecule has 25 heavy (non-hydrogen) atoms. The van der Waals surface area contributed by atoms with Gasteiger partial charge in [-0.1, -0.05) is 30.3 Å². The number of carbonyl (C=O) groups excluding carboxylic acids is 1. The molecule has 0 unspecified atom stereocenters. The Labute approximate surface area is 150 Å². The molecule has 3 rings (SSSR count). The van der Waals surface area contributed by atoms with Gasteiger partial charge in [0.15, 0.2) is 0 Å². The Morgan fingerprint density at radius 3 is 2.60 bits per heavy atom. The van der Waals surface area contributed by atoms with E-state index in [2.05, 4.69) is 34.3 Å². The van der Waals surface area contributed by atoms with Gasteiger partial charge < -0.3 is 19.9 Å². The number of urea groups is 1. The van der Waals surface area contributed by atoms with E-state index in [4.69, 9.17) is 4.74 Å². The van der Waals surface area contributed by atoms with Gasteiger partial charge in [0.25, 0.3) is 0 Å². The Bertz CT molecular complexity index is 546. The molecule has 0 bridgehead atoms. The number of nitrogens with zero attached hydrogens (tertiary/aromatic N) is 3. The number of morpholine rings is 1. The number of piperazine rings is 1. The number of amides is 2. The standard InChI is InChI=1S/C19H30N4O2/c1-16-14-23(12-13-25-16)19(24)20-18(17-6-4-3-5-7-17)15-22-10-8-21(2)9-11-22/h3-7,16,18H,8-15H2,1-2H3,(H,20,24)/t16-,18-/m0/s1. The van der Waals surface area contributed by atoms with Crippen LogP contribution in [0.1, 0.15) is 18.5 Å². The van der Waals surface area contributed by atoms with Gasteiger partial charge in [0.05, 0.1) is 18.8 Å². The smallest absolute Gasteiger partial charge is 0.318 e. The molecule has 2 aliphatic rings. The molecule has 6 heteroatoms. The lowest BCUT2D eigenvalue weighted by Gasteiger charge is -2.36. The molecule has 0 spiro atoms. The van der Waals surface area contributed by atoms with Gasteiger partial charge in [-0.3, -0.25) is 4.90 Å². The molecule has 2 fully saturated rings. The van der Waals surface area contributed by atoms with Crippen LogP contribution in [0.15, 0.2) is 30.3 Å². The maximum absolute atomic E-state index is 12.8. The third kappa shape index (κ3) is 5.17. The zero-order chi connectivity index (χ0) is 17.6. The van der Waals surface area contributed by atoms with Gasteiger partial charge in [0.1, 0.15) is 0 Å². The van der Waals surface area contributed by atoms with E-state index in [-0.39, 0.29) is 18.2 Å². The quantitative estimate of drug-likeness (QED) is 0.895. The van der Waals surface area contributed by atoms with E-state index in [1.165, 1.54) is 0 Å². The number of carbonyl (C=O) groups is 1. The molecule has 2 heterocycles. The van der Waals surface area contributed by atoms with Crippen LogP contribution in [0, 0.1) is 0 Å². The normalized spacial score (nSPS) is 24.1. The fourth-order valence-corrected chi connectivity index (χ4v) is 3.45. The van der Waals surface area contributed by atoms with Crippen LogP contribution in [0.25, 0.3) is 0 Å². The summed E-state index contributed by atoms with van der Waals surface area (Å²) < 4.78 is 5.54. The number of nitrogens with one attached hydrogen (secondary N) is 1. The Morgan fingerprint density at radius 1 is 1.20 bits per heavy atom. The average molecular weight is 346 g/mol. The summed E-state index contributed by atoms with van der Waals surface area (Å²) in [4.78, 5) is 19.4. The highest BCUT2D eigenvalue weighted by atomic mass is 16.5. The van der Waals surface area contributed by atoms with E-state index in [1.807, 2.05) is 30.0 Å². The van der Waals surface area contributed by atoms with Crippen molar-refractivity contribution in [3.8, 4) is 0 Å². The van der Waals surface area contributed by atoms with E-state index in [0.29, 0.717) is 19.7 Å². The van der Waals surface area contributed by atoms with E-state index in [0.717, 1.165) is 38.3 Å². The van der Waals surface area contributed by atoms with Crippen LogP contribution in [0.4, 0.5) is 4.79 Å². The van der Waals surface area contributed by atoms with Crippen LogP contribution in [-0.2, 0) is 4.74 Å². The second-order valence-electron chi connectivity index (χ2n) is 7.14. The number of ether oxygens (including phenoxy) is 1. The lowest BCUT2D eigenvalue weighted by molar-refractivity contribution is -0.00411. The maximum Gasteiger partial charge on any atom is 0.318 e. The van der Waals surface area contributed by atoms with E-state index in [1.54, 1.807) is 0 Å². The van der Waals surface area contributed by atoms with Gasteiger partial charge in [-0.05, 0) is 19.5 Å². The van der Waals surface area contributed by atoms with Crippen molar-refractivity contribution in [2.45, 2.75) is 19.1 Å². The topological polar surface area (TPSA) is 48.1 Å². The molecular weight excluding hydrogens is 316 g/mol. The number of likely N-dealkylation sites (N-methyl/N-ethyl adjacent to an activating group) is 1. The highest BCUT2D eigenvalue weighted by Crippen LogP contribution is 2.16. The first-order valence-electron chi connectivity index (χ1n) is 9.24. The molecule has 1 aromatic rings. The molecule has 2 amide bonds. The highest BCUT2D eigenvalue weighted by Gasteiger charge is 2.26. The van der Waals surface area contributed by atoms with E-state index >= 15 is 0 Å². The fourth-order valence-electron chi connectivity index (χ4n) is 3.45. The van der Waals surface area contributed by atoms with Crippen LogP contribution < -0.4 is 5.32 Å². The molecular formula is C19H30N4O2. The summed E-state index contributed by atoms with van der Waals surface area (Å²) in [7, 11) is 2.16. The van der Waals surface area contributed by atoms with Crippen molar-refractivity contribution >= 4 is 6.03 Å². The lowest BCUT2D eigenvalue weighted by atomic mass is 10.1. The minimum absolute atomic E-state index is 0.00950. The molecule has 6 nitrogen and oxygen atoms in total. The first-order valence-corrected chi connectivity index (χ1v) is 9.24. The molecule has 1 aromatic carbocycles. The highest BCUT2D eigenvalue weighted by molar-refractivity contribution is 5.75. The Morgan fingerprint density at radius 2 is 1.92 bits per heavy atom. The summed E-state index contributed by atoms with van der Waals surface area (Å²) in [5, 5.41) is 3.26. The minimum atomic E-state index is 0.00950. The molecule has 2 saturated heterocycles. The van der Waals surface area contributed by atoms with Gasteiger partial charge in [0, 0.05) is 45.8 Å².